The first-order valence-electron chi connectivity index (χ1n) is 11.4. The van der Waals surface area contributed by atoms with Crippen molar-refractivity contribution in [3.63, 3.8) is 0 Å². The number of hydrogen-bond donors (Lipinski definition) is 1. The highest BCUT2D eigenvalue weighted by Gasteiger charge is 2.33. The molecule has 0 aliphatic heterocycles. The fourth-order valence-electron chi connectivity index (χ4n) is 4.16. The third-order valence-corrected chi connectivity index (χ3v) is 6.26. The van der Waals surface area contributed by atoms with Gasteiger partial charge in [0.2, 0.25) is 0 Å². The van der Waals surface area contributed by atoms with E-state index in [0.717, 1.165) is 25.0 Å². The lowest BCUT2D eigenvalue weighted by Gasteiger charge is -2.31. The van der Waals surface area contributed by atoms with Gasteiger partial charge in [0, 0.05) is 10.6 Å². The van der Waals surface area contributed by atoms with Gasteiger partial charge in [0.1, 0.15) is 18.0 Å². The molecule has 0 spiro atoms. The number of aromatic nitrogens is 1. The molecule has 1 aromatic heterocycles. The predicted molar refractivity (Wildman–Crippen MR) is 132 cm³/mol. The van der Waals surface area contributed by atoms with E-state index in [0.29, 0.717) is 20.9 Å². The lowest BCUT2D eigenvalue weighted by molar-refractivity contribution is 0.0580. The van der Waals surface area contributed by atoms with Crippen molar-refractivity contribution < 1.29 is 28.7 Å². The molecule has 1 heterocycles. The van der Waals surface area contributed by atoms with Gasteiger partial charge in [0.25, 0.3) is 0 Å². The molecule has 8 nitrogen and oxygen atoms in total. The zero-order valence-corrected chi connectivity index (χ0v) is 21.2. The van der Waals surface area contributed by atoms with Crippen LogP contribution in [0.15, 0.2) is 34.9 Å². The smallest absolute Gasteiger partial charge is 0.425 e. The number of carboxylic acid groups (broad SMARTS) is 1. The fraction of sp³-hybridized carbons (Fsp3) is 0.423. The monoisotopic (exact) mass is 500 g/mol. The lowest BCUT2D eigenvalue weighted by Crippen LogP contribution is -2.40. The van der Waals surface area contributed by atoms with Crippen molar-refractivity contribution in [1.29, 1.82) is 0 Å². The molecule has 2 amide bonds. The van der Waals surface area contributed by atoms with Gasteiger partial charge in [-0.25, -0.2) is 9.59 Å². The van der Waals surface area contributed by atoms with Crippen molar-refractivity contribution >= 4 is 40.6 Å². The average Bonchev–Trinajstić information content (AvgIpc) is 3.12. The number of imide groups is 1. The Bertz CT molecular complexity index is 1290. The van der Waals surface area contributed by atoms with Crippen molar-refractivity contribution in [3.8, 4) is 5.75 Å². The minimum absolute atomic E-state index is 0.184. The highest BCUT2D eigenvalue weighted by Crippen LogP contribution is 2.37. The minimum atomic E-state index is -1.55. The maximum Gasteiger partial charge on any atom is 0.425 e. The first-order chi connectivity index (χ1) is 16.3. The zero-order chi connectivity index (χ0) is 25.5. The number of fused-ring (bicyclic) bond motifs is 2. The van der Waals surface area contributed by atoms with E-state index in [-0.39, 0.29) is 23.4 Å². The van der Waals surface area contributed by atoms with Crippen LogP contribution < -0.4 is 9.64 Å². The summed E-state index contributed by atoms with van der Waals surface area (Å²) < 4.78 is 16.5. The normalized spacial score (nSPS) is 14.9. The molecule has 0 saturated heterocycles. The summed E-state index contributed by atoms with van der Waals surface area (Å²) in [6.45, 7) is 9.67. The van der Waals surface area contributed by atoms with E-state index in [9.17, 15) is 14.7 Å². The summed E-state index contributed by atoms with van der Waals surface area (Å²) in [4.78, 5) is 24.7. The lowest BCUT2D eigenvalue weighted by atomic mass is 9.74. The molecule has 35 heavy (non-hydrogen) atoms. The van der Waals surface area contributed by atoms with Gasteiger partial charge in [-0.15, -0.1) is 0 Å². The fourth-order valence-corrected chi connectivity index (χ4v) is 4.38. The number of nitrogens with zero attached hydrogens (tertiary/aromatic N) is 2. The third kappa shape index (κ3) is 5.53. The summed E-state index contributed by atoms with van der Waals surface area (Å²) in [6.07, 6.45) is 0.574. The van der Waals surface area contributed by atoms with Crippen LogP contribution in [0.4, 0.5) is 15.4 Å². The summed E-state index contributed by atoms with van der Waals surface area (Å²) >= 11 is 6.48. The van der Waals surface area contributed by atoms with Crippen LogP contribution in [-0.4, -0.2) is 28.1 Å². The number of carbonyl (C=O) groups is 2. The maximum atomic E-state index is 12.5. The number of amides is 2. The van der Waals surface area contributed by atoms with E-state index in [2.05, 4.69) is 31.1 Å². The second kappa shape index (κ2) is 9.07. The molecule has 4 rings (SSSR count). The first kappa shape index (κ1) is 24.9. The molecule has 0 bridgehead atoms. The second-order valence-electron chi connectivity index (χ2n) is 10.6. The molecule has 186 valence electrons. The molecule has 0 unspecified atom stereocenters. The van der Waals surface area contributed by atoms with E-state index < -0.39 is 17.8 Å². The summed E-state index contributed by atoms with van der Waals surface area (Å²) in [5.74, 6) is 0.536. The molecule has 1 aliphatic carbocycles. The number of hydrogen-bond acceptors (Lipinski definition) is 6. The standard InChI is InChI=1S/C26H29ClN2O6/c1-25(2,3)34-24(32)29(23(30)31)22-19-12-20(27)17(11-21(19)35-28-22)14-33-18-7-6-16-13-26(4,5)9-8-15(16)10-18/h6-7,10-12H,8-9,13-14H2,1-5H3,(H,30,31). The van der Waals surface area contributed by atoms with Gasteiger partial charge in [0.15, 0.2) is 11.4 Å². The number of benzene rings is 2. The Labute approximate surface area is 208 Å². The minimum Gasteiger partial charge on any atom is -0.489 e. The molecule has 1 aliphatic rings. The van der Waals surface area contributed by atoms with Crippen molar-refractivity contribution in [2.24, 2.45) is 5.41 Å². The highest BCUT2D eigenvalue weighted by atomic mass is 35.5. The van der Waals surface area contributed by atoms with E-state index >= 15 is 0 Å². The van der Waals surface area contributed by atoms with Gasteiger partial charge in [-0.3, -0.25) is 0 Å². The van der Waals surface area contributed by atoms with Crippen molar-refractivity contribution in [3.05, 3.63) is 52.0 Å². The number of carbonyl (C=O) groups excluding carboxylic acids is 1. The Morgan fingerprint density at radius 1 is 1.20 bits per heavy atom. The Morgan fingerprint density at radius 2 is 1.94 bits per heavy atom. The van der Waals surface area contributed by atoms with Crippen molar-refractivity contribution in [2.75, 3.05) is 4.90 Å². The van der Waals surface area contributed by atoms with E-state index in [1.807, 2.05) is 6.07 Å². The second-order valence-corrected chi connectivity index (χ2v) is 11.0. The van der Waals surface area contributed by atoms with Crippen LogP contribution in [0.25, 0.3) is 11.0 Å². The van der Waals surface area contributed by atoms with E-state index in [1.165, 1.54) is 17.2 Å². The predicted octanol–water partition coefficient (Wildman–Crippen LogP) is 6.99. The van der Waals surface area contributed by atoms with Crippen LogP contribution in [0.1, 0.15) is 57.7 Å². The third-order valence-electron chi connectivity index (χ3n) is 5.91. The Balaban J connectivity index is 1.55. The van der Waals surface area contributed by atoms with Gasteiger partial charge >= 0.3 is 12.2 Å². The summed E-state index contributed by atoms with van der Waals surface area (Å²) in [5, 5.41) is 14.0. The summed E-state index contributed by atoms with van der Waals surface area (Å²) in [5.41, 5.74) is 2.99. The number of ether oxygens (including phenoxy) is 2. The zero-order valence-electron chi connectivity index (χ0n) is 20.5. The molecule has 1 N–H and O–H groups in total. The molecule has 3 aromatic rings. The van der Waals surface area contributed by atoms with Gasteiger partial charge in [-0.1, -0.05) is 36.7 Å². The maximum absolute atomic E-state index is 12.5. The van der Waals surface area contributed by atoms with Gasteiger partial charge in [-0.2, -0.15) is 4.90 Å². The van der Waals surface area contributed by atoms with Crippen LogP contribution >= 0.6 is 11.6 Å². The molecule has 2 aromatic carbocycles. The molecule has 0 radical (unpaired) electrons. The summed E-state index contributed by atoms with van der Waals surface area (Å²) in [6, 6.07) is 9.30. The van der Waals surface area contributed by atoms with E-state index in [4.69, 9.17) is 25.6 Å². The molecule has 9 heteroatoms. The van der Waals surface area contributed by atoms with Crippen LogP contribution in [0.5, 0.6) is 5.75 Å². The molecule has 0 atom stereocenters. The largest absolute Gasteiger partial charge is 0.489 e. The van der Waals surface area contributed by atoms with Crippen LogP contribution in [0, 0.1) is 5.41 Å². The van der Waals surface area contributed by atoms with Gasteiger partial charge in [0.05, 0.1) is 5.39 Å². The average molecular weight is 501 g/mol. The Morgan fingerprint density at radius 3 is 2.63 bits per heavy atom. The number of halogens is 1. The SMILES string of the molecule is CC1(C)CCc2cc(OCc3cc4onc(N(C(=O)O)C(=O)OC(C)(C)C)c4cc3Cl)ccc2C1. The van der Waals surface area contributed by atoms with Gasteiger partial charge in [-0.05, 0) is 80.8 Å². The van der Waals surface area contributed by atoms with Crippen LogP contribution in [0.2, 0.25) is 5.02 Å². The summed E-state index contributed by atoms with van der Waals surface area (Å²) in [7, 11) is 0. The molecular weight excluding hydrogens is 472 g/mol. The van der Waals surface area contributed by atoms with Gasteiger partial charge < -0.3 is 19.1 Å². The topological polar surface area (TPSA) is 102 Å². The van der Waals surface area contributed by atoms with Crippen molar-refractivity contribution in [1.82, 2.24) is 5.16 Å². The number of rotatable bonds is 4. The molecule has 0 saturated carbocycles. The number of anilines is 1. The highest BCUT2D eigenvalue weighted by molar-refractivity contribution is 6.32. The van der Waals surface area contributed by atoms with E-state index in [1.54, 1.807) is 26.8 Å². The van der Waals surface area contributed by atoms with Crippen LogP contribution in [0.3, 0.4) is 0 Å². The van der Waals surface area contributed by atoms with Crippen molar-refractivity contribution in [2.45, 2.75) is 66.1 Å². The number of aryl methyl sites for hydroxylation is 1. The van der Waals surface area contributed by atoms with Crippen LogP contribution in [-0.2, 0) is 24.2 Å². The molecular formula is C26H29ClN2O6. The Kier molecular flexibility index (Phi) is 6.44. The Hall–Kier alpha value is -3.26. The first-order valence-corrected chi connectivity index (χ1v) is 11.8. The quantitative estimate of drug-likeness (QED) is 0.411. The molecule has 0 fully saturated rings.